The summed E-state index contributed by atoms with van der Waals surface area (Å²) in [5.74, 6) is 0.131. The van der Waals surface area contributed by atoms with Crippen molar-refractivity contribution in [2.45, 2.75) is 38.3 Å². The molecule has 2 heterocycles. The summed E-state index contributed by atoms with van der Waals surface area (Å²) in [6.45, 7) is 3.17. The van der Waals surface area contributed by atoms with Gasteiger partial charge in [0, 0.05) is 36.2 Å². The Morgan fingerprint density at radius 3 is 2.38 bits per heavy atom. The van der Waals surface area contributed by atoms with Crippen molar-refractivity contribution in [3.63, 3.8) is 0 Å². The second-order valence-electron chi connectivity index (χ2n) is 8.78. The molecule has 2 aliphatic heterocycles. The van der Waals surface area contributed by atoms with Crippen LogP contribution in [0.4, 0.5) is 0 Å². The number of carbonyl (C=O) groups excluding carboxylic acids is 2. The van der Waals surface area contributed by atoms with E-state index in [0.717, 1.165) is 36.0 Å². The van der Waals surface area contributed by atoms with Gasteiger partial charge in [0.15, 0.2) is 5.66 Å². The third-order valence-corrected chi connectivity index (χ3v) is 6.81. The van der Waals surface area contributed by atoms with Crippen LogP contribution < -0.4 is 0 Å². The molecule has 0 aromatic heterocycles. The van der Waals surface area contributed by atoms with Crippen LogP contribution in [0.2, 0.25) is 0 Å². The Bertz CT molecular complexity index is 1140. The molecule has 0 bridgehead atoms. The van der Waals surface area contributed by atoms with E-state index in [1.807, 2.05) is 40.1 Å². The van der Waals surface area contributed by atoms with E-state index in [9.17, 15) is 9.59 Å². The first-order valence-electron chi connectivity index (χ1n) is 11.5. The molecular weight excluding hydrogens is 396 g/mol. The fourth-order valence-electron chi connectivity index (χ4n) is 5.27. The quantitative estimate of drug-likeness (QED) is 0.528. The number of hydrogen-bond donors (Lipinski definition) is 0. The molecule has 1 saturated heterocycles. The summed E-state index contributed by atoms with van der Waals surface area (Å²) in [4.78, 5) is 30.7. The Balaban J connectivity index is 1.43. The highest BCUT2D eigenvalue weighted by atomic mass is 16.2. The second kappa shape index (κ2) is 8.27. The lowest BCUT2D eigenvalue weighted by Crippen LogP contribution is -2.51. The summed E-state index contributed by atoms with van der Waals surface area (Å²) in [5.41, 5.74) is 4.23. The molecule has 3 aromatic rings. The third-order valence-electron chi connectivity index (χ3n) is 6.81. The highest BCUT2D eigenvalue weighted by Gasteiger charge is 2.59. The first kappa shape index (κ1) is 20.5. The van der Waals surface area contributed by atoms with Crippen LogP contribution in [0.15, 0.2) is 78.9 Å². The number of hydrogen-bond acceptors (Lipinski definition) is 2. The molecule has 32 heavy (non-hydrogen) atoms. The number of carbonyl (C=O) groups is 2. The maximum atomic E-state index is 13.5. The Hall–Kier alpha value is -3.40. The molecule has 1 atom stereocenters. The Kier molecular flexibility index (Phi) is 5.30. The van der Waals surface area contributed by atoms with E-state index in [1.165, 1.54) is 5.56 Å². The van der Waals surface area contributed by atoms with Crippen molar-refractivity contribution in [3.8, 4) is 0 Å². The molecular formula is C28H28N2O2. The van der Waals surface area contributed by atoms with Crippen molar-refractivity contribution in [1.82, 2.24) is 9.80 Å². The highest BCUT2D eigenvalue weighted by Crippen LogP contribution is 2.49. The molecule has 5 rings (SSSR count). The molecule has 2 amide bonds. The monoisotopic (exact) mass is 424 g/mol. The lowest BCUT2D eigenvalue weighted by molar-refractivity contribution is -0.136. The fourth-order valence-corrected chi connectivity index (χ4v) is 5.27. The molecule has 162 valence electrons. The average Bonchev–Trinajstić information content (AvgIpc) is 3.33. The van der Waals surface area contributed by atoms with Gasteiger partial charge >= 0.3 is 0 Å². The van der Waals surface area contributed by atoms with Gasteiger partial charge < -0.3 is 9.80 Å². The summed E-state index contributed by atoms with van der Waals surface area (Å²) in [6.07, 6.45) is 3.28. The zero-order valence-electron chi connectivity index (χ0n) is 18.5. The van der Waals surface area contributed by atoms with Gasteiger partial charge in [0.1, 0.15) is 0 Å². The number of unbranched alkanes of at least 4 members (excludes halogenated alkanes) is 1. The predicted octanol–water partition coefficient (Wildman–Crippen LogP) is 4.91. The van der Waals surface area contributed by atoms with Gasteiger partial charge in [-0.1, -0.05) is 78.4 Å². The smallest absolute Gasteiger partial charge is 0.256 e. The number of aryl methyl sites for hydroxylation is 2. The van der Waals surface area contributed by atoms with Crippen LogP contribution in [0.3, 0.4) is 0 Å². The van der Waals surface area contributed by atoms with Crippen molar-refractivity contribution in [2.75, 3.05) is 13.1 Å². The number of rotatable bonds is 6. The zero-order valence-corrected chi connectivity index (χ0v) is 18.5. The van der Waals surface area contributed by atoms with Gasteiger partial charge in [0.2, 0.25) is 5.91 Å². The first-order valence-corrected chi connectivity index (χ1v) is 11.5. The van der Waals surface area contributed by atoms with Crippen molar-refractivity contribution < 1.29 is 9.59 Å². The van der Waals surface area contributed by atoms with Crippen molar-refractivity contribution in [2.24, 2.45) is 0 Å². The summed E-state index contributed by atoms with van der Waals surface area (Å²) >= 11 is 0. The third kappa shape index (κ3) is 3.22. The lowest BCUT2D eigenvalue weighted by atomic mass is 9.89. The van der Waals surface area contributed by atoms with Crippen LogP contribution in [0, 0.1) is 6.92 Å². The van der Waals surface area contributed by atoms with E-state index < -0.39 is 5.66 Å². The van der Waals surface area contributed by atoms with Crippen LogP contribution in [0.5, 0.6) is 0 Å². The maximum Gasteiger partial charge on any atom is 0.256 e. The van der Waals surface area contributed by atoms with Gasteiger partial charge in [-0.25, -0.2) is 0 Å². The predicted molar refractivity (Wildman–Crippen MR) is 125 cm³/mol. The molecule has 3 aromatic carbocycles. The van der Waals surface area contributed by atoms with Crippen molar-refractivity contribution in [3.05, 3.63) is 107 Å². The van der Waals surface area contributed by atoms with Gasteiger partial charge in [-0.05, 0) is 37.8 Å². The number of amides is 2. The van der Waals surface area contributed by atoms with Crippen LogP contribution in [0.25, 0.3) is 0 Å². The summed E-state index contributed by atoms with van der Waals surface area (Å²) < 4.78 is 0. The van der Waals surface area contributed by atoms with Crippen LogP contribution in [-0.2, 0) is 16.9 Å². The summed E-state index contributed by atoms with van der Waals surface area (Å²) in [6, 6.07) is 26.4. The van der Waals surface area contributed by atoms with E-state index in [0.29, 0.717) is 25.1 Å². The topological polar surface area (TPSA) is 40.6 Å². The Morgan fingerprint density at radius 1 is 0.875 bits per heavy atom. The molecule has 0 N–H and O–H groups in total. The molecule has 0 spiro atoms. The molecule has 4 nitrogen and oxygen atoms in total. The Morgan fingerprint density at radius 2 is 1.59 bits per heavy atom. The van der Waals surface area contributed by atoms with Crippen LogP contribution >= 0.6 is 0 Å². The van der Waals surface area contributed by atoms with E-state index in [2.05, 4.69) is 55.5 Å². The SMILES string of the molecule is Cc1ccc(C23c4ccccc4C(=O)N2CCN3C(=O)CCCCc2ccccc2)cc1. The number of fused-ring (bicyclic) bond motifs is 3. The number of benzene rings is 3. The van der Waals surface area contributed by atoms with Crippen molar-refractivity contribution in [1.29, 1.82) is 0 Å². The van der Waals surface area contributed by atoms with Gasteiger partial charge in [-0.3, -0.25) is 9.59 Å². The van der Waals surface area contributed by atoms with Gasteiger partial charge in [0.25, 0.3) is 5.91 Å². The average molecular weight is 425 g/mol. The van der Waals surface area contributed by atoms with Crippen LogP contribution in [-0.4, -0.2) is 34.7 Å². The minimum Gasteiger partial charge on any atom is -0.310 e. The standard InChI is InChI=1S/C28H28N2O2/c1-21-15-17-23(18-16-21)28-25-13-7-6-12-24(25)27(32)30(28)20-19-29(28)26(31)14-8-5-11-22-9-3-2-4-10-22/h2-4,6-7,9-10,12-13,15-18H,5,8,11,14,19-20H2,1H3. The second-order valence-corrected chi connectivity index (χ2v) is 8.78. The molecule has 0 aliphatic carbocycles. The lowest BCUT2D eigenvalue weighted by Gasteiger charge is -2.40. The zero-order chi connectivity index (χ0) is 22.1. The molecule has 0 saturated carbocycles. The molecule has 1 fully saturated rings. The normalized spacial score (nSPS) is 19.2. The van der Waals surface area contributed by atoms with E-state index in [1.54, 1.807) is 0 Å². The van der Waals surface area contributed by atoms with Crippen molar-refractivity contribution >= 4 is 11.8 Å². The van der Waals surface area contributed by atoms with E-state index >= 15 is 0 Å². The number of nitrogens with zero attached hydrogens (tertiary/aromatic N) is 2. The highest BCUT2D eigenvalue weighted by molar-refractivity contribution is 6.02. The van der Waals surface area contributed by atoms with E-state index in [4.69, 9.17) is 0 Å². The van der Waals surface area contributed by atoms with Gasteiger partial charge in [0.05, 0.1) is 0 Å². The molecule has 0 radical (unpaired) electrons. The van der Waals surface area contributed by atoms with E-state index in [-0.39, 0.29) is 11.8 Å². The molecule has 2 aliphatic rings. The van der Waals surface area contributed by atoms with Gasteiger partial charge in [-0.15, -0.1) is 0 Å². The van der Waals surface area contributed by atoms with Gasteiger partial charge in [-0.2, -0.15) is 0 Å². The molecule has 1 unspecified atom stereocenters. The summed E-state index contributed by atoms with van der Waals surface area (Å²) in [5, 5.41) is 0. The summed E-state index contributed by atoms with van der Waals surface area (Å²) in [7, 11) is 0. The fraction of sp³-hybridized carbons (Fsp3) is 0.286. The minimum absolute atomic E-state index is 0.0144. The van der Waals surface area contributed by atoms with Crippen LogP contribution in [0.1, 0.15) is 51.9 Å². The first-order chi connectivity index (χ1) is 15.6. The Labute approximate surface area is 189 Å². The minimum atomic E-state index is -0.835. The largest absolute Gasteiger partial charge is 0.310 e. The molecule has 4 heteroatoms. The maximum absolute atomic E-state index is 13.5.